The number of Topliss-reactive ketones (excluding diaryl/α,β-unsaturated/α-hetero) is 1. The van der Waals surface area contributed by atoms with Crippen LogP contribution in [0.3, 0.4) is 0 Å². The predicted molar refractivity (Wildman–Crippen MR) is 160 cm³/mol. The lowest BCUT2D eigenvalue weighted by atomic mass is 9.37. The van der Waals surface area contributed by atoms with E-state index in [4.69, 9.17) is 4.74 Å². The first kappa shape index (κ1) is 31.3. The molecule has 0 aromatic rings. The Kier molecular flexibility index (Phi) is 7.58. The lowest BCUT2D eigenvalue weighted by molar-refractivity contribution is -0.213. The molecular weight excluding hydrogens is 530 g/mol. The largest absolute Gasteiger partial charge is 0.481 e. The standard InChI is InChI=1S/C35H53NO6/c1-20(2)28-23(38)17-35(36-19-37)16-11-22-21(29(28)35)9-10-25-33(22,7)14-12-24-32(5,6)26(13-15-34(24,25)8)42-27(39)18-31(3,4)30(40)41/h19-22,24-26H,9-18H2,1-8H3,(H,36,37)(H,40,41)/t21?,22?,24?,25?,26-,33-,34-,35+/m0/s1. The zero-order valence-electron chi connectivity index (χ0n) is 27.1. The molecule has 0 saturated heterocycles. The average Bonchev–Trinajstić information content (AvgIpc) is 3.17. The van der Waals surface area contributed by atoms with E-state index in [0.717, 1.165) is 63.3 Å². The first-order valence-corrected chi connectivity index (χ1v) is 16.4. The van der Waals surface area contributed by atoms with E-state index in [9.17, 15) is 24.3 Å². The zero-order chi connectivity index (χ0) is 31.0. The molecule has 0 heterocycles. The number of hydrogen-bond acceptors (Lipinski definition) is 5. The number of fused-ring (bicyclic) bond motifs is 7. The number of amides is 1. The van der Waals surface area contributed by atoms with Crippen LogP contribution in [0.4, 0.5) is 0 Å². The van der Waals surface area contributed by atoms with Crippen molar-refractivity contribution in [3.05, 3.63) is 11.1 Å². The topological polar surface area (TPSA) is 110 Å². The number of allylic oxidation sites excluding steroid dienone is 1. The van der Waals surface area contributed by atoms with Gasteiger partial charge < -0.3 is 15.2 Å². The van der Waals surface area contributed by atoms with Gasteiger partial charge in [0.05, 0.1) is 17.4 Å². The summed E-state index contributed by atoms with van der Waals surface area (Å²) >= 11 is 0. The first-order valence-electron chi connectivity index (χ1n) is 16.4. The minimum absolute atomic E-state index is 0.112. The van der Waals surface area contributed by atoms with E-state index >= 15 is 0 Å². The highest BCUT2D eigenvalue weighted by atomic mass is 16.5. The van der Waals surface area contributed by atoms with Crippen molar-refractivity contribution in [2.45, 2.75) is 131 Å². The van der Waals surface area contributed by atoms with Crippen molar-refractivity contribution in [3.8, 4) is 0 Å². The molecule has 4 fully saturated rings. The van der Waals surface area contributed by atoms with Gasteiger partial charge in [-0.1, -0.05) is 41.5 Å². The number of aliphatic carboxylic acids is 1. The molecule has 0 spiro atoms. The highest BCUT2D eigenvalue weighted by Gasteiger charge is 2.66. The third kappa shape index (κ3) is 4.49. The molecule has 5 rings (SSSR count). The molecule has 0 aromatic heterocycles. The Morgan fingerprint density at radius 2 is 1.67 bits per heavy atom. The van der Waals surface area contributed by atoms with Crippen LogP contribution in [0.15, 0.2) is 11.1 Å². The van der Waals surface area contributed by atoms with Crippen LogP contribution in [-0.4, -0.2) is 40.9 Å². The summed E-state index contributed by atoms with van der Waals surface area (Å²) in [6, 6.07) is 0. The van der Waals surface area contributed by atoms with Gasteiger partial charge in [-0.05, 0) is 117 Å². The van der Waals surface area contributed by atoms with E-state index in [1.54, 1.807) is 13.8 Å². The fourth-order valence-electron chi connectivity index (χ4n) is 11.4. The van der Waals surface area contributed by atoms with Crippen LogP contribution in [-0.2, 0) is 23.9 Å². The molecule has 1 amide bonds. The van der Waals surface area contributed by atoms with Crippen molar-refractivity contribution in [3.63, 3.8) is 0 Å². The van der Waals surface area contributed by atoms with Gasteiger partial charge in [-0.3, -0.25) is 19.2 Å². The van der Waals surface area contributed by atoms with Gasteiger partial charge in [0, 0.05) is 11.8 Å². The first-order chi connectivity index (χ1) is 19.4. The van der Waals surface area contributed by atoms with E-state index in [-0.39, 0.29) is 40.5 Å². The van der Waals surface area contributed by atoms with Crippen LogP contribution >= 0.6 is 0 Å². The highest BCUT2D eigenvalue weighted by molar-refractivity contribution is 6.01. The van der Waals surface area contributed by atoms with Gasteiger partial charge >= 0.3 is 11.9 Å². The lowest BCUT2D eigenvalue weighted by Gasteiger charge is -2.68. The fourth-order valence-corrected chi connectivity index (χ4v) is 11.4. The SMILES string of the molecule is CC(C)C1=C2C3CCC4[C@@](C)(CCC5C(C)(C)[C@@H](OC(=O)CC(C)(C)C(=O)O)CC[C@@]54C)C3CC[C@@]2(NC=O)CC1=O. The number of hydrogen-bond donors (Lipinski definition) is 2. The fraction of sp³-hybridized carbons (Fsp3) is 0.829. The Bertz CT molecular complexity index is 1200. The van der Waals surface area contributed by atoms with Gasteiger partial charge in [-0.15, -0.1) is 0 Å². The number of ketones is 1. The molecule has 0 aliphatic heterocycles. The molecule has 5 aliphatic rings. The predicted octanol–water partition coefficient (Wildman–Crippen LogP) is 6.49. The molecule has 7 heteroatoms. The zero-order valence-corrected chi connectivity index (χ0v) is 27.1. The summed E-state index contributed by atoms with van der Waals surface area (Å²) in [6.07, 6.45) is 8.88. The van der Waals surface area contributed by atoms with Gasteiger partial charge in [0.1, 0.15) is 6.10 Å². The third-order valence-corrected chi connectivity index (χ3v) is 13.3. The Morgan fingerprint density at radius 3 is 2.29 bits per heavy atom. The second kappa shape index (κ2) is 10.2. The Hall–Kier alpha value is -2.18. The van der Waals surface area contributed by atoms with Crippen molar-refractivity contribution < 1.29 is 29.0 Å². The molecule has 7 nitrogen and oxygen atoms in total. The van der Waals surface area contributed by atoms with Crippen molar-refractivity contribution in [1.82, 2.24) is 5.32 Å². The lowest BCUT2D eigenvalue weighted by Crippen LogP contribution is -2.64. The highest BCUT2D eigenvalue weighted by Crippen LogP contribution is 2.72. The molecule has 8 atom stereocenters. The molecule has 4 saturated carbocycles. The quantitative estimate of drug-likeness (QED) is 0.262. The summed E-state index contributed by atoms with van der Waals surface area (Å²) in [4.78, 5) is 49.7. The summed E-state index contributed by atoms with van der Waals surface area (Å²) < 4.78 is 6.08. The molecule has 42 heavy (non-hydrogen) atoms. The van der Waals surface area contributed by atoms with Crippen molar-refractivity contribution in [2.24, 2.45) is 51.2 Å². The Labute approximate surface area is 252 Å². The Balaban J connectivity index is 1.41. The van der Waals surface area contributed by atoms with Crippen LogP contribution in [0.25, 0.3) is 0 Å². The second-order valence-electron chi connectivity index (χ2n) is 16.6. The number of carbonyl (C=O) groups is 4. The van der Waals surface area contributed by atoms with Gasteiger partial charge in [-0.2, -0.15) is 0 Å². The third-order valence-electron chi connectivity index (χ3n) is 13.3. The maximum atomic E-state index is 13.3. The van der Waals surface area contributed by atoms with Crippen molar-refractivity contribution in [1.29, 1.82) is 0 Å². The molecule has 2 N–H and O–H groups in total. The summed E-state index contributed by atoms with van der Waals surface area (Å²) in [5, 5.41) is 12.7. The van der Waals surface area contributed by atoms with Crippen LogP contribution in [0.5, 0.6) is 0 Å². The summed E-state index contributed by atoms with van der Waals surface area (Å²) in [6.45, 7) is 16.9. The number of ether oxygens (including phenoxy) is 1. The molecule has 0 radical (unpaired) electrons. The van der Waals surface area contributed by atoms with Gasteiger partial charge in [0.25, 0.3) is 0 Å². The molecular formula is C35H53NO6. The summed E-state index contributed by atoms with van der Waals surface area (Å²) in [7, 11) is 0. The number of nitrogens with one attached hydrogen (secondary N) is 1. The monoisotopic (exact) mass is 583 g/mol. The minimum atomic E-state index is -1.15. The van der Waals surface area contributed by atoms with E-state index in [2.05, 4.69) is 46.9 Å². The number of esters is 1. The normalized spacial score (nSPS) is 40.9. The van der Waals surface area contributed by atoms with E-state index in [1.165, 1.54) is 5.57 Å². The van der Waals surface area contributed by atoms with Crippen LogP contribution < -0.4 is 5.32 Å². The summed E-state index contributed by atoms with van der Waals surface area (Å²) in [5.74, 6) is 0.730. The Morgan fingerprint density at radius 1 is 1.00 bits per heavy atom. The number of carbonyl (C=O) groups excluding carboxylic acids is 3. The number of carboxylic acids is 1. The van der Waals surface area contributed by atoms with Crippen molar-refractivity contribution in [2.75, 3.05) is 0 Å². The van der Waals surface area contributed by atoms with E-state index in [0.29, 0.717) is 30.1 Å². The second-order valence-corrected chi connectivity index (χ2v) is 16.6. The smallest absolute Gasteiger partial charge is 0.309 e. The van der Waals surface area contributed by atoms with Crippen LogP contribution in [0.1, 0.15) is 120 Å². The van der Waals surface area contributed by atoms with Gasteiger partial charge in [0.15, 0.2) is 5.78 Å². The maximum Gasteiger partial charge on any atom is 0.309 e. The molecule has 5 aliphatic carbocycles. The molecule has 0 bridgehead atoms. The molecule has 234 valence electrons. The van der Waals surface area contributed by atoms with Crippen molar-refractivity contribution >= 4 is 24.1 Å². The molecule has 0 aromatic carbocycles. The van der Waals surface area contributed by atoms with Gasteiger partial charge in [-0.25, -0.2) is 0 Å². The van der Waals surface area contributed by atoms with Gasteiger partial charge in [0.2, 0.25) is 6.41 Å². The minimum Gasteiger partial charge on any atom is -0.481 e. The maximum absolute atomic E-state index is 13.3. The number of rotatable bonds is 7. The average molecular weight is 584 g/mol. The number of carboxylic acid groups (broad SMARTS) is 1. The van der Waals surface area contributed by atoms with Crippen LogP contribution in [0, 0.1) is 51.2 Å². The molecule has 4 unspecified atom stereocenters. The van der Waals surface area contributed by atoms with Crippen LogP contribution in [0.2, 0.25) is 0 Å². The van der Waals surface area contributed by atoms with E-state index < -0.39 is 22.9 Å². The van der Waals surface area contributed by atoms with E-state index in [1.807, 2.05) is 0 Å². The summed E-state index contributed by atoms with van der Waals surface area (Å²) in [5.41, 5.74) is 0.643.